The molecular formula is C15H20N6O2. The molecule has 8 nitrogen and oxygen atoms in total. The minimum atomic E-state index is -0.0897. The summed E-state index contributed by atoms with van der Waals surface area (Å²) >= 11 is 0. The number of rotatable bonds is 4. The van der Waals surface area contributed by atoms with Crippen molar-refractivity contribution in [2.75, 3.05) is 20.2 Å². The second-order valence-electron chi connectivity index (χ2n) is 5.85. The molecular weight excluding hydrogens is 296 g/mol. The number of carbonyl (C=O) groups excluding carboxylic acids is 1. The second kappa shape index (κ2) is 6.41. The molecule has 23 heavy (non-hydrogen) atoms. The maximum atomic E-state index is 12.7. The summed E-state index contributed by atoms with van der Waals surface area (Å²) in [6.07, 6.45) is 2.28. The molecule has 0 spiro atoms. The van der Waals surface area contributed by atoms with Gasteiger partial charge in [-0.05, 0) is 26.3 Å². The van der Waals surface area contributed by atoms with E-state index in [9.17, 15) is 4.79 Å². The van der Waals surface area contributed by atoms with Crippen LogP contribution < -0.4 is 0 Å². The van der Waals surface area contributed by atoms with Crippen molar-refractivity contribution in [1.29, 1.82) is 0 Å². The molecule has 1 aliphatic heterocycles. The van der Waals surface area contributed by atoms with Gasteiger partial charge in [0, 0.05) is 26.1 Å². The molecule has 2 aromatic heterocycles. The number of ether oxygens (including phenoxy) is 1. The van der Waals surface area contributed by atoms with Gasteiger partial charge >= 0.3 is 0 Å². The normalized spacial score (nSPS) is 20.7. The summed E-state index contributed by atoms with van der Waals surface area (Å²) < 4.78 is 5.79. The van der Waals surface area contributed by atoms with Crippen molar-refractivity contribution in [3.63, 3.8) is 0 Å². The van der Waals surface area contributed by atoms with E-state index in [0.29, 0.717) is 24.4 Å². The van der Waals surface area contributed by atoms with Crippen LogP contribution in [0, 0.1) is 13.8 Å². The van der Waals surface area contributed by atoms with E-state index in [2.05, 4.69) is 25.4 Å². The Labute approximate surface area is 134 Å². The number of nitrogens with zero attached hydrogens (tertiary/aromatic N) is 5. The van der Waals surface area contributed by atoms with Crippen LogP contribution in [0.3, 0.4) is 0 Å². The summed E-state index contributed by atoms with van der Waals surface area (Å²) in [7, 11) is 1.77. The smallest absolute Gasteiger partial charge is 0.255 e. The van der Waals surface area contributed by atoms with Crippen LogP contribution in [0.1, 0.15) is 39.9 Å². The fourth-order valence-corrected chi connectivity index (χ4v) is 2.86. The van der Waals surface area contributed by atoms with E-state index < -0.39 is 0 Å². The van der Waals surface area contributed by atoms with Crippen LogP contribution in [-0.4, -0.2) is 62.5 Å². The van der Waals surface area contributed by atoms with Crippen LogP contribution in [0.4, 0.5) is 0 Å². The van der Waals surface area contributed by atoms with Crippen LogP contribution in [0.25, 0.3) is 0 Å². The molecule has 3 heterocycles. The van der Waals surface area contributed by atoms with Gasteiger partial charge in [-0.3, -0.25) is 9.89 Å². The molecule has 2 atom stereocenters. The molecule has 1 amide bonds. The Morgan fingerprint density at radius 1 is 1.43 bits per heavy atom. The van der Waals surface area contributed by atoms with Crippen molar-refractivity contribution in [2.45, 2.75) is 32.3 Å². The maximum absolute atomic E-state index is 12.7. The number of amides is 1. The molecule has 8 heteroatoms. The van der Waals surface area contributed by atoms with E-state index in [-0.39, 0.29) is 17.9 Å². The number of H-pyrrole nitrogens is 1. The number of hydrogen-bond acceptors (Lipinski definition) is 6. The fourth-order valence-electron chi connectivity index (χ4n) is 2.86. The number of aromatic nitrogens is 5. The molecule has 0 radical (unpaired) electrons. The molecule has 122 valence electrons. The highest BCUT2D eigenvalue weighted by Gasteiger charge is 2.33. The van der Waals surface area contributed by atoms with Gasteiger partial charge in [-0.1, -0.05) is 0 Å². The first kappa shape index (κ1) is 15.5. The quantitative estimate of drug-likeness (QED) is 0.898. The van der Waals surface area contributed by atoms with E-state index in [0.717, 1.165) is 17.9 Å². The zero-order valence-electron chi connectivity index (χ0n) is 13.5. The highest BCUT2D eigenvalue weighted by Crippen LogP contribution is 2.29. The Hall–Kier alpha value is -2.35. The Kier molecular flexibility index (Phi) is 4.33. The van der Waals surface area contributed by atoms with Gasteiger partial charge in [0.15, 0.2) is 0 Å². The van der Waals surface area contributed by atoms with E-state index in [1.54, 1.807) is 24.9 Å². The van der Waals surface area contributed by atoms with E-state index >= 15 is 0 Å². The molecule has 1 N–H and O–H groups in total. The number of aryl methyl sites for hydroxylation is 2. The summed E-state index contributed by atoms with van der Waals surface area (Å²) in [5, 5.41) is 14.8. The first-order chi connectivity index (χ1) is 11.1. The number of nitrogens with one attached hydrogen (secondary N) is 1. The third-order valence-electron chi connectivity index (χ3n) is 4.13. The first-order valence-electron chi connectivity index (χ1n) is 7.59. The molecule has 3 rings (SSSR count). The molecule has 1 aliphatic rings. The Morgan fingerprint density at radius 2 is 2.26 bits per heavy atom. The highest BCUT2D eigenvalue weighted by atomic mass is 16.5. The predicted molar refractivity (Wildman–Crippen MR) is 81.9 cm³/mol. The minimum absolute atomic E-state index is 0.0766. The zero-order chi connectivity index (χ0) is 16.4. The van der Waals surface area contributed by atoms with E-state index in [1.807, 2.05) is 6.92 Å². The van der Waals surface area contributed by atoms with Gasteiger partial charge in [0.1, 0.15) is 12.2 Å². The lowest BCUT2D eigenvalue weighted by Crippen LogP contribution is -2.37. The number of aromatic amines is 1. The van der Waals surface area contributed by atoms with Gasteiger partial charge in [-0.2, -0.15) is 15.3 Å². The zero-order valence-corrected chi connectivity index (χ0v) is 13.5. The van der Waals surface area contributed by atoms with Crippen molar-refractivity contribution >= 4 is 5.91 Å². The fraction of sp³-hybridized carbons (Fsp3) is 0.533. The van der Waals surface area contributed by atoms with Crippen molar-refractivity contribution in [3.8, 4) is 0 Å². The molecule has 1 fully saturated rings. The average molecular weight is 316 g/mol. The Morgan fingerprint density at radius 3 is 3.00 bits per heavy atom. The van der Waals surface area contributed by atoms with Crippen LogP contribution in [0.2, 0.25) is 0 Å². The average Bonchev–Trinajstić information content (AvgIpc) is 3.19. The van der Waals surface area contributed by atoms with Crippen LogP contribution in [0.5, 0.6) is 0 Å². The summed E-state index contributed by atoms with van der Waals surface area (Å²) in [6, 6.07) is 1.77. The van der Waals surface area contributed by atoms with Gasteiger partial charge in [0.2, 0.25) is 0 Å². The van der Waals surface area contributed by atoms with Gasteiger partial charge in [-0.25, -0.2) is 4.98 Å². The molecule has 0 unspecified atom stereocenters. The summed E-state index contributed by atoms with van der Waals surface area (Å²) in [4.78, 5) is 18.6. The minimum Gasteiger partial charge on any atom is -0.376 e. The third-order valence-corrected chi connectivity index (χ3v) is 4.13. The maximum Gasteiger partial charge on any atom is 0.255 e. The van der Waals surface area contributed by atoms with Gasteiger partial charge in [0.05, 0.1) is 23.1 Å². The monoisotopic (exact) mass is 316 g/mol. The number of likely N-dealkylation sites (N-methyl/N-ethyl adjacent to an activating group) is 1. The SMILES string of the molecule is Cc1cc(C(=O)N(C)C[C@H]2OCC[C@H]2c2ncn[nH]2)c(C)nn1. The van der Waals surface area contributed by atoms with Crippen molar-refractivity contribution in [1.82, 2.24) is 30.3 Å². The van der Waals surface area contributed by atoms with Gasteiger partial charge < -0.3 is 9.64 Å². The van der Waals surface area contributed by atoms with Crippen molar-refractivity contribution < 1.29 is 9.53 Å². The molecule has 0 saturated carbocycles. The van der Waals surface area contributed by atoms with Crippen LogP contribution in [-0.2, 0) is 4.74 Å². The number of hydrogen-bond donors (Lipinski definition) is 1. The van der Waals surface area contributed by atoms with Crippen LogP contribution in [0.15, 0.2) is 12.4 Å². The highest BCUT2D eigenvalue weighted by molar-refractivity contribution is 5.95. The molecule has 1 saturated heterocycles. The summed E-state index contributed by atoms with van der Waals surface area (Å²) in [5.41, 5.74) is 1.93. The summed E-state index contributed by atoms with van der Waals surface area (Å²) in [5.74, 6) is 0.865. The van der Waals surface area contributed by atoms with Gasteiger partial charge in [-0.15, -0.1) is 0 Å². The van der Waals surface area contributed by atoms with E-state index in [4.69, 9.17) is 4.74 Å². The molecule has 2 aromatic rings. The Bertz CT molecular complexity index is 687. The molecule has 0 aliphatic carbocycles. The lowest BCUT2D eigenvalue weighted by molar-refractivity contribution is 0.0549. The van der Waals surface area contributed by atoms with Crippen LogP contribution >= 0.6 is 0 Å². The predicted octanol–water partition coefficient (Wildman–Crippen LogP) is 0.856. The second-order valence-corrected chi connectivity index (χ2v) is 5.85. The van der Waals surface area contributed by atoms with Crippen molar-refractivity contribution in [2.24, 2.45) is 0 Å². The number of carbonyl (C=O) groups is 1. The lowest BCUT2D eigenvalue weighted by Gasteiger charge is -2.24. The Balaban J connectivity index is 1.72. The lowest BCUT2D eigenvalue weighted by atomic mass is 10.00. The molecule has 0 aromatic carbocycles. The standard InChI is InChI=1S/C15H20N6O2/c1-9-6-12(10(2)19-18-9)15(22)21(3)7-13-11(4-5-23-13)14-16-8-17-20-14/h6,8,11,13H,4-5,7H2,1-3H3,(H,16,17,20)/t11-,13-/m1/s1. The summed E-state index contributed by atoms with van der Waals surface area (Å²) in [6.45, 7) is 4.76. The topological polar surface area (TPSA) is 96.9 Å². The molecule has 0 bridgehead atoms. The first-order valence-corrected chi connectivity index (χ1v) is 7.59. The van der Waals surface area contributed by atoms with Gasteiger partial charge in [0.25, 0.3) is 5.91 Å². The largest absolute Gasteiger partial charge is 0.376 e. The van der Waals surface area contributed by atoms with E-state index in [1.165, 1.54) is 6.33 Å². The third kappa shape index (κ3) is 3.21. The van der Waals surface area contributed by atoms with Crippen molar-refractivity contribution in [3.05, 3.63) is 35.2 Å².